The SMILES string of the molecule is CCC1(C)NC(=O)N(CC(=O)NC(C)c2c(C)nn(C)c2C)C1=O. The lowest BCUT2D eigenvalue weighted by molar-refractivity contribution is -0.134. The fraction of sp³-hybridized carbons (Fsp3) is 0.625. The van der Waals surface area contributed by atoms with Crippen molar-refractivity contribution in [2.24, 2.45) is 7.05 Å². The first kappa shape index (κ1) is 18.0. The van der Waals surface area contributed by atoms with Crippen molar-refractivity contribution in [1.82, 2.24) is 25.3 Å². The molecule has 1 aromatic rings. The standard InChI is InChI=1S/C16H25N5O3/c1-7-16(5)14(23)21(15(24)18-16)8-12(22)17-9(2)13-10(3)19-20(6)11(13)4/h9H,7-8H2,1-6H3,(H,17,22)(H,18,24). The number of aryl methyl sites for hydroxylation is 2. The maximum Gasteiger partial charge on any atom is 0.325 e. The van der Waals surface area contributed by atoms with E-state index in [-0.39, 0.29) is 24.4 Å². The predicted molar refractivity (Wildman–Crippen MR) is 88.2 cm³/mol. The summed E-state index contributed by atoms with van der Waals surface area (Å²) in [4.78, 5) is 37.5. The topological polar surface area (TPSA) is 96.3 Å². The van der Waals surface area contributed by atoms with Crippen molar-refractivity contribution in [2.75, 3.05) is 6.54 Å². The summed E-state index contributed by atoms with van der Waals surface area (Å²) in [5, 5.41) is 9.81. The van der Waals surface area contributed by atoms with E-state index in [9.17, 15) is 14.4 Å². The van der Waals surface area contributed by atoms with E-state index in [1.807, 2.05) is 34.7 Å². The summed E-state index contributed by atoms with van der Waals surface area (Å²) < 4.78 is 1.76. The molecule has 0 saturated carbocycles. The molecule has 24 heavy (non-hydrogen) atoms. The zero-order valence-corrected chi connectivity index (χ0v) is 15.1. The summed E-state index contributed by atoms with van der Waals surface area (Å²) in [6.45, 7) is 8.87. The summed E-state index contributed by atoms with van der Waals surface area (Å²) in [6.07, 6.45) is 0.472. The molecule has 0 aliphatic carbocycles. The smallest absolute Gasteiger partial charge is 0.325 e. The summed E-state index contributed by atoms with van der Waals surface area (Å²) in [5.41, 5.74) is 1.83. The minimum Gasteiger partial charge on any atom is -0.348 e. The van der Waals surface area contributed by atoms with Gasteiger partial charge in [0.05, 0.1) is 11.7 Å². The quantitative estimate of drug-likeness (QED) is 0.783. The Balaban J connectivity index is 2.06. The molecule has 0 aromatic carbocycles. The van der Waals surface area contributed by atoms with Crippen LogP contribution in [-0.2, 0) is 16.6 Å². The van der Waals surface area contributed by atoms with Crippen LogP contribution in [0.4, 0.5) is 4.79 Å². The van der Waals surface area contributed by atoms with Crippen LogP contribution in [-0.4, -0.2) is 44.6 Å². The number of imide groups is 1. The molecular formula is C16H25N5O3. The highest BCUT2D eigenvalue weighted by Crippen LogP contribution is 2.22. The van der Waals surface area contributed by atoms with Gasteiger partial charge in [0.15, 0.2) is 0 Å². The molecule has 132 valence electrons. The van der Waals surface area contributed by atoms with Gasteiger partial charge in [-0.1, -0.05) is 6.92 Å². The van der Waals surface area contributed by atoms with E-state index < -0.39 is 11.6 Å². The molecule has 1 aromatic heterocycles. The fourth-order valence-corrected chi connectivity index (χ4v) is 3.05. The van der Waals surface area contributed by atoms with E-state index in [0.717, 1.165) is 21.9 Å². The minimum atomic E-state index is -0.931. The number of hydrogen-bond acceptors (Lipinski definition) is 4. The molecule has 0 spiro atoms. The lowest BCUT2D eigenvalue weighted by Crippen LogP contribution is -2.45. The molecule has 2 heterocycles. The highest BCUT2D eigenvalue weighted by molar-refractivity contribution is 6.08. The monoisotopic (exact) mass is 335 g/mol. The maximum absolute atomic E-state index is 12.3. The van der Waals surface area contributed by atoms with Crippen LogP contribution in [0, 0.1) is 13.8 Å². The van der Waals surface area contributed by atoms with Gasteiger partial charge in [-0.15, -0.1) is 0 Å². The van der Waals surface area contributed by atoms with Crippen LogP contribution in [0.15, 0.2) is 0 Å². The zero-order valence-electron chi connectivity index (χ0n) is 15.1. The Morgan fingerprint density at radius 1 is 1.38 bits per heavy atom. The van der Waals surface area contributed by atoms with Crippen LogP contribution in [0.2, 0.25) is 0 Å². The summed E-state index contributed by atoms with van der Waals surface area (Å²) >= 11 is 0. The van der Waals surface area contributed by atoms with Crippen molar-refractivity contribution in [1.29, 1.82) is 0 Å². The first-order valence-electron chi connectivity index (χ1n) is 8.04. The van der Waals surface area contributed by atoms with Crippen LogP contribution < -0.4 is 10.6 Å². The summed E-state index contributed by atoms with van der Waals surface area (Å²) in [7, 11) is 1.85. The molecule has 1 saturated heterocycles. The third kappa shape index (κ3) is 3.00. The largest absolute Gasteiger partial charge is 0.348 e. The molecule has 8 heteroatoms. The van der Waals surface area contributed by atoms with Gasteiger partial charge in [-0.25, -0.2) is 4.79 Å². The van der Waals surface area contributed by atoms with Crippen molar-refractivity contribution in [3.8, 4) is 0 Å². The van der Waals surface area contributed by atoms with Crippen LogP contribution in [0.3, 0.4) is 0 Å². The Morgan fingerprint density at radius 3 is 2.46 bits per heavy atom. The molecule has 2 atom stereocenters. The Bertz CT molecular complexity index is 696. The van der Waals surface area contributed by atoms with Crippen LogP contribution >= 0.6 is 0 Å². The Morgan fingerprint density at radius 2 is 2.00 bits per heavy atom. The van der Waals surface area contributed by atoms with Crippen molar-refractivity contribution in [2.45, 2.75) is 52.6 Å². The van der Waals surface area contributed by atoms with Gasteiger partial charge in [-0.05, 0) is 34.1 Å². The van der Waals surface area contributed by atoms with Crippen LogP contribution in [0.1, 0.15) is 50.2 Å². The zero-order chi connectivity index (χ0) is 18.2. The first-order valence-corrected chi connectivity index (χ1v) is 8.04. The van der Waals surface area contributed by atoms with Gasteiger partial charge < -0.3 is 10.6 Å². The Hall–Kier alpha value is -2.38. The second kappa shape index (κ2) is 6.26. The number of carbonyl (C=O) groups is 3. The molecule has 2 N–H and O–H groups in total. The van der Waals surface area contributed by atoms with Gasteiger partial charge in [0.1, 0.15) is 12.1 Å². The average molecular weight is 335 g/mol. The van der Waals surface area contributed by atoms with E-state index in [2.05, 4.69) is 15.7 Å². The van der Waals surface area contributed by atoms with Gasteiger partial charge in [-0.2, -0.15) is 5.10 Å². The molecule has 4 amide bonds. The van der Waals surface area contributed by atoms with E-state index in [4.69, 9.17) is 0 Å². The van der Waals surface area contributed by atoms with Crippen molar-refractivity contribution in [3.05, 3.63) is 17.0 Å². The average Bonchev–Trinajstić information content (AvgIpc) is 2.87. The molecule has 0 radical (unpaired) electrons. The number of nitrogens with one attached hydrogen (secondary N) is 2. The highest BCUT2D eigenvalue weighted by atomic mass is 16.2. The van der Waals surface area contributed by atoms with E-state index in [1.54, 1.807) is 11.6 Å². The number of nitrogens with zero attached hydrogens (tertiary/aromatic N) is 3. The van der Waals surface area contributed by atoms with Crippen molar-refractivity contribution < 1.29 is 14.4 Å². The van der Waals surface area contributed by atoms with Crippen LogP contribution in [0.5, 0.6) is 0 Å². The van der Waals surface area contributed by atoms with Gasteiger partial charge in [0.25, 0.3) is 5.91 Å². The van der Waals surface area contributed by atoms with E-state index >= 15 is 0 Å². The third-order valence-corrected chi connectivity index (χ3v) is 4.73. The predicted octanol–water partition coefficient (Wildman–Crippen LogP) is 0.935. The third-order valence-electron chi connectivity index (χ3n) is 4.73. The first-order chi connectivity index (χ1) is 11.1. The second-order valence-corrected chi connectivity index (χ2v) is 6.50. The number of urea groups is 1. The Kier molecular flexibility index (Phi) is 4.68. The lowest BCUT2D eigenvalue weighted by atomic mass is 9.99. The van der Waals surface area contributed by atoms with Crippen molar-refractivity contribution >= 4 is 17.8 Å². The molecule has 8 nitrogen and oxygen atoms in total. The summed E-state index contributed by atoms with van der Waals surface area (Å²) in [6, 6.07) is -0.787. The number of aromatic nitrogens is 2. The number of amides is 4. The molecule has 0 bridgehead atoms. The van der Waals surface area contributed by atoms with E-state index in [1.165, 1.54) is 0 Å². The minimum absolute atomic E-state index is 0.260. The van der Waals surface area contributed by atoms with Gasteiger partial charge >= 0.3 is 6.03 Å². The Labute approximate surface area is 141 Å². The van der Waals surface area contributed by atoms with Crippen LogP contribution in [0.25, 0.3) is 0 Å². The highest BCUT2D eigenvalue weighted by Gasteiger charge is 2.47. The van der Waals surface area contributed by atoms with E-state index in [0.29, 0.717) is 6.42 Å². The molecule has 2 unspecified atom stereocenters. The van der Waals surface area contributed by atoms with Crippen molar-refractivity contribution in [3.63, 3.8) is 0 Å². The normalized spacial score (nSPS) is 21.8. The second-order valence-electron chi connectivity index (χ2n) is 6.50. The molecule has 2 rings (SSSR count). The summed E-state index contributed by atoms with van der Waals surface area (Å²) in [5.74, 6) is -0.749. The lowest BCUT2D eigenvalue weighted by Gasteiger charge is -2.20. The van der Waals surface area contributed by atoms with Gasteiger partial charge in [-0.3, -0.25) is 19.2 Å². The molecule has 1 aliphatic heterocycles. The van der Waals surface area contributed by atoms with Gasteiger partial charge in [0, 0.05) is 18.3 Å². The molecule has 1 aliphatic rings. The number of hydrogen-bond donors (Lipinski definition) is 2. The fourth-order valence-electron chi connectivity index (χ4n) is 3.05. The maximum atomic E-state index is 12.3. The van der Waals surface area contributed by atoms with Gasteiger partial charge in [0.2, 0.25) is 5.91 Å². The molecular weight excluding hydrogens is 310 g/mol. The molecule has 1 fully saturated rings. The number of carbonyl (C=O) groups excluding carboxylic acids is 3. The number of rotatable bonds is 5.